The number of rotatable bonds is 8. The maximum absolute atomic E-state index is 13.4. The second-order valence-electron chi connectivity index (χ2n) is 14.7. The minimum atomic E-state index is -1.58. The van der Waals surface area contributed by atoms with Gasteiger partial charge < -0.3 is 30.1 Å². The summed E-state index contributed by atoms with van der Waals surface area (Å²) < 4.78 is 10.2. The van der Waals surface area contributed by atoms with E-state index in [-0.39, 0.29) is 53.5 Å². The van der Waals surface area contributed by atoms with Crippen molar-refractivity contribution in [2.75, 3.05) is 26.9 Å². The molecule has 4 saturated carbocycles. The van der Waals surface area contributed by atoms with Crippen molar-refractivity contribution in [2.45, 2.75) is 107 Å². The minimum absolute atomic E-state index is 0.0154. The van der Waals surface area contributed by atoms with Gasteiger partial charge in [0.05, 0.1) is 19.8 Å². The average molecular weight is 660 g/mol. The second-order valence-corrected chi connectivity index (χ2v) is 16.0. The first-order valence-corrected chi connectivity index (χ1v) is 18.2. The Morgan fingerprint density at radius 1 is 1.07 bits per heavy atom. The predicted molar refractivity (Wildman–Crippen MR) is 176 cm³/mol. The molecule has 1 aromatic carbocycles. The molecule has 9 nitrogen and oxygen atoms in total. The van der Waals surface area contributed by atoms with E-state index >= 15 is 0 Å². The van der Waals surface area contributed by atoms with Crippen LogP contribution in [0.5, 0.6) is 5.75 Å². The molecule has 4 aliphatic carbocycles. The number of esters is 1. The molecule has 1 heterocycles. The monoisotopic (exact) mass is 659 g/mol. The van der Waals surface area contributed by atoms with Gasteiger partial charge in [0.25, 0.3) is 0 Å². The van der Waals surface area contributed by atoms with Crippen LogP contribution in [0.2, 0.25) is 0 Å². The number of aliphatic hydroxyl groups excluding tert-OH is 2. The van der Waals surface area contributed by atoms with E-state index in [4.69, 9.17) is 9.47 Å². The molecular weight excluding hydrogens is 606 g/mol. The number of Topliss-reactive ketones (excluding diaryl/α,β-unsaturated/α-hetero) is 2. The van der Waals surface area contributed by atoms with Crippen LogP contribution in [0.15, 0.2) is 24.3 Å². The molecule has 0 bridgehead atoms. The third kappa shape index (κ3) is 6.53. The lowest BCUT2D eigenvalue weighted by atomic mass is 9.44. The molecule has 1 saturated heterocycles. The van der Waals surface area contributed by atoms with Crippen LogP contribution >= 0.6 is 11.8 Å². The Morgan fingerprint density at radius 3 is 2.48 bits per heavy atom. The molecule has 5 aliphatic rings. The summed E-state index contributed by atoms with van der Waals surface area (Å²) in [6.07, 6.45) is 6.32. The van der Waals surface area contributed by atoms with Gasteiger partial charge in [-0.3, -0.25) is 14.4 Å². The van der Waals surface area contributed by atoms with Crippen molar-refractivity contribution in [1.29, 1.82) is 0 Å². The number of ketones is 2. The maximum Gasteiger partial charge on any atom is 0.323 e. The standard InChI is InChI=1S/C21H32O5.C15H21NO3S/c1-19-7-5-13(23)9-12(19)3-4-14-15-6-8-21(26,17(25)11-22)20(15,2)10-16(24)18(14)19;1-3-19-15(17)14-8-13(9-16-14)20-10-11-4-6-12(18-2)7-5-11/h12-15,18,22-23,26H,3-11H2,1-2H3;4-7,13-14,16H,3,8-10H2,1-2H3/t12-,13-,14+,15+,18-,19+,20+,21+;13-,14-/m10/s1. The molecule has 256 valence electrons. The fourth-order valence-electron chi connectivity index (χ4n) is 9.83. The van der Waals surface area contributed by atoms with Gasteiger partial charge in [0.2, 0.25) is 0 Å². The zero-order valence-electron chi connectivity index (χ0n) is 27.8. The van der Waals surface area contributed by atoms with Crippen molar-refractivity contribution in [1.82, 2.24) is 5.32 Å². The molecule has 10 heteroatoms. The topological polar surface area (TPSA) is 142 Å². The van der Waals surface area contributed by atoms with Crippen molar-refractivity contribution in [2.24, 2.45) is 34.5 Å². The summed E-state index contributed by atoms with van der Waals surface area (Å²) in [5.41, 5.74) is -1.13. The van der Waals surface area contributed by atoms with Crippen LogP contribution in [-0.2, 0) is 24.9 Å². The van der Waals surface area contributed by atoms with E-state index in [0.29, 0.717) is 24.2 Å². The molecule has 46 heavy (non-hydrogen) atoms. The fraction of sp³-hybridized carbons (Fsp3) is 0.750. The fourth-order valence-corrected chi connectivity index (χ4v) is 11.0. The summed E-state index contributed by atoms with van der Waals surface area (Å²) in [5, 5.41) is 34.3. The van der Waals surface area contributed by atoms with E-state index in [1.165, 1.54) is 5.56 Å². The van der Waals surface area contributed by atoms with Gasteiger partial charge in [-0.05, 0) is 99.2 Å². The Balaban J connectivity index is 0.000000188. The van der Waals surface area contributed by atoms with E-state index in [2.05, 4.69) is 24.4 Å². The number of carbonyl (C=O) groups excluding carboxylic acids is 3. The zero-order chi connectivity index (χ0) is 33.3. The van der Waals surface area contributed by atoms with Crippen LogP contribution in [0, 0.1) is 34.5 Å². The quantitative estimate of drug-likeness (QED) is 0.302. The zero-order valence-corrected chi connectivity index (χ0v) is 28.7. The summed E-state index contributed by atoms with van der Waals surface area (Å²) in [4.78, 5) is 37.3. The highest BCUT2D eigenvalue weighted by Gasteiger charge is 2.68. The number of thioether (sulfide) groups is 1. The summed E-state index contributed by atoms with van der Waals surface area (Å²) in [6.45, 7) is 6.61. The summed E-state index contributed by atoms with van der Waals surface area (Å²) in [6, 6.07) is 7.98. The number of benzene rings is 1. The lowest BCUT2D eigenvalue weighted by Gasteiger charge is -2.60. The van der Waals surface area contributed by atoms with E-state index in [1.54, 1.807) is 7.11 Å². The van der Waals surface area contributed by atoms with E-state index < -0.39 is 23.4 Å². The number of nitrogens with one attached hydrogen (secondary N) is 1. The Labute approximate surface area is 277 Å². The van der Waals surface area contributed by atoms with Gasteiger partial charge in [0.1, 0.15) is 29.8 Å². The Bertz CT molecular complexity index is 1260. The van der Waals surface area contributed by atoms with Crippen LogP contribution in [0.1, 0.15) is 84.1 Å². The first-order chi connectivity index (χ1) is 21.9. The molecule has 1 aliphatic heterocycles. The van der Waals surface area contributed by atoms with Crippen LogP contribution in [0.3, 0.4) is 0 Å². The third-order valence-corrected chi connectivity index (χ3v) is 13.7. The summed E-state index contributed by atoms with van der Waals surface area (Å²) in [7, 11) is 1.67. The normalized spacial score (nSPS) is 39.7. The van der Waals surface area contributed by atoms with E-state index in [1.807, 2.05) is 37.7 Å². The molecule has 6 rings (SSSR count). The number of hydrogen-bond acceptors (Lipinski definition) is 10. The first kappa shape index (κ1) is 35.3. The summed E-state index contributed by atoms with van der Waals surface area (Å²) >= 11 is 1.88. The molecule has 4 N–H and O–H groups in total. The third-order valence-electron chi connectivity index (χ3n) is 12.4. The summed E-state index contributed by atoms with van der Waals surface area (Å²) in [5.74, 6) is 2.08. The number of fused-ring (bicyclic) bond motifs is 5. The van der Waals surface area contributed by atoms with Crippen molar-refractivity contribution in [3.8, 4) is 5.75 Å². The average Bonchev–Trinajstić information content (AvgIpc) is 3.63. The molecule has 0 amide bonds. The van der Waals surface area contributed by atoms with Crippen molar-refractivity contribution >= 4 is 29.3 Å². The SMILES string of the molecule is CCOC(=O)[C@@H]1C[C@H](SCc2ccc(OC)cc2)CN1.C[C@]12CC[C@@H](O)C[C@H]1CC[C@@H]1[C@@H]2C(=O)C[C@@]2(C)[C@H]1CC[C@]2(O)C(=O)CO. The lowest BCUT2D eigenvalue weighted by molar-refractivity contribution is -0.180. The molecular formula is C36H53NO8S. The molecule has 5 fully saturated rings. The number of carbonyl (C=O) groups is 3. The van der Waals surface area contributed by atoms with E-state index in [0.717, 1.165) is 63.0 Å². The molecule has 1 aromatic rings. The Morgan fingerprint density at radius 2 is 1.80 bits per heavy atom. The van der Waals surface area contributed by atoms with Crippen LogP contribution in [0.4, 0.5) is 0 Å². The van der Waals surface area contributed by atoms with Gasteiger partial charge in [-0.2, -0.15) is 11.8 Å². The van der Waals surface area contributed by atoms with Gasteiger partial charge in [-0.15, -0.1) is 0 Å². The molecule has 0 radical (unpaired) electrons. The molecule has 0 aromatic heterocycles. The largest absolute Gasteiger partial charge is 0.497 e. The highest BCUT2D eigenvalue weighted by atomic mass is 32.2. The number of aliphatic hydroxyl groups is 3. The van der Waals surface area contributed by atoms with E-state index in [9.17, 15) is 29.7 Å². The molecule has 0 spiro atoms. The molecule has 0 unspecified atom stereocenters. The number of ether oxygens (including phenoxy) is 2. The van der Waals surface area contributed by atoms with Crippen LogP contribution in [0.25, 0.3) is 0 Å². The van der Waals surface area contributed by atoms with Gasteiger partial charge in [0.15, 0.2) is 5.78 Å². The Kier molecular flexibility index (Phi) is 10.9. The van der Waals surface area contributed by atoms with Gasteiger partial charge in [-0.1, -0.05) is 26.0 Å². The number of methoxy groups -OCH3 is 1. The van der Waals surface area contributed by atoms with Crippen LogP contribution < -0.4 is 10.1 Å². The highest BCUT2D eigenvalue weighted by molar-refractivity contribution is 7.99. The first-order valence-electron chi connectivity index (χ1n) is 17.1. The van der Waals surface area contributed by atoms with Gasteiger partial charge in [0, 0.05) is 35.3 Å². The highest BCUT2D eigenvalue weighted by Crippen LogP contribution is 2.67. The van der Waals surface area contributed by atoms with Gasteiger partial charge >= 0.3 is 5.97 Å². The minimum Gasteiger partial charge on any atom is -0.497 e. The van der Waals surface area contributed by atoms with Crippen molar-refractivity contribution in [3.05, 3.63) is 29.8 Å². The van der Waals surface area contributed by atoms with Crippen LogP contribution in [-0.4, -0.2) is 82.7 Å². The maximum atomic E-state index is 13.4. The van der Waals surface area contributed by atoms with Gasteiger partial charge in [-0.25, -0.2) is 0 Å². The van der Waals surface area contributed by atoms with Crippen molar-refractivity contribution in [3.63, 3.8) is 0 Å². The number of hydrogen-bond donors (Lipinski definition) is 4. The predicted octanol–water partition coefficient (Wildman–Crippen LogP) is 4.08. The second kappa shape index (κ2) is 14.2. The smallest absolute Gasteiger partial charge is 0.323 e. The Hall–Kier alpha value is -1.98. The van der Waals surface area contributed by atoms with Crippen molar-refractivity contribution < 1.29 is 39.2 Å². The molecule has 10 atom stereocenters. The lowest BCUT2D eigenvalue weighted by Crippen LogP contribution is -2.62.